The van der Waals surface area contributed by atoms with Crippen molar-refractivity contribution < 1.29 is 14.4 Å². The lowest BCUT2D eigenvalue weighted by Crippen LogP contribution is -2.32. The average molecular weight is 494 g/mol. The van der Waals surface area contributed by atoms with Gasteiger partial charge in [-0.05, 0) is 53.9 Å². The van der Waals surface area contributed by atoms with Crippen molar-refractivity contribution in [1.29, 1.82) is 0 Å². The highest BCUT2D eigenvalue weighted by molar-refractivity contribution is 6.53. The van der Waals surface area contributed by atoms with Crippen molar-refractivity contribution in [1.82, 2.24) is 0 Å². The molecule has 0 bridgehead atoms. The van der Waals surface area contributed by atoms with Crippen LogP contribution >= 0.6 is 23.2 Å². The van der Waals surface area contributed by atoms with Crippen molar-refractivity contribution in [3.63, 3.8) is 0 Å². The van der Waals surface area contributed by atoms with E-state index in [1.807, 2.05) is 24.3 Å². The molecular weight excluding hydrogens is 473 g/mol. The molecule has 172 valence electrons. The fourth-order valence-corrected chi connectivity index (χ4v) is 4.05. The van der Waals surface area contributed by atoms with E-state index in [4.69, 9.17) is 23.2 Å². The van der Waals surface area contributed by atoms with Crippen LogP contribution in [0.2, 0.25) is 5.02 Å². The minimum atomic E-state index is -0.657. The standard InChI is InChI=1S/C26H21Cl2N3O3/c1-15(2)20-11-3-4-12-21(20)30-24(32)16-7-5-9-18(13-16)29-23-22(28)25(33)31(26(23)34)19-10-6-8-17(27)14-19/h3-15,29H,1-2H3,(H,30,32). The highest BCUT2D eigenvalue weighted by Gasteiger charge is 2.39. The third-order valence-corrected chi connectivity index (χ3v) is 5.90. The quantitative estimate of drug-likeness (QED) is 0.403. The number of nitrogens with one attached hydrogen (secondary N) is 2. The Kier molecular flexibility index (Phi) is 6.72. The minimum Gasteiger partial charge on any atom is -0.350 e. The van der Waals surface area contributed by atoms with Gasteiger partial charge in [0.05, 0.1) is 5.69 Å². The van der Waals surface area contributed by atoms with E-state index >= 15 is 0 Å². The van der Waals surface area contributed by atoms with Crippen LogP contribution in [0.15, 0.2) is 83.5 Å². The number of amides is 3. The molecule has 3 aromatic carbocycles. The van der Waals surface area contributed by atoms with Gasteiger partial charge in [-0.2, -0.15) is 0 Å². The molecule has 2 N–H and O–H groups in total. The van der Waals surface area contributed by atoms with E-state index in [1.54, 1.807) is 42.5 Å². The summed E-state index contributed by atoms with van der Waals surface area (Å²) < 4.78 is 0. The Balaban J connectivity index is 1.55. The molecule has 0 saturated carbocycles. The maximum absolute atomic E-state index is 13.0. The summed E-state index contributed by atoms with van der Waals surface area (Å²) in [7, 11) is 0. The fraction of sp³-hybridized carbons (Fsp3) is 0.115. The predicted octanol–water partition coefficient (Wildman–Crippen LogP) is 6.15. The number of hydrogen-bond acceptors (Lipinski definition) is 4. The molecular formula is C26H21Cl2N3O3. The van der Waals surface area contributed by atoms with Crippen LogP contribution in [0.1, 0.15) is 35.7 Å². The number of halogens is 2. The normalized spacial score (nSPS) is 13.6. The van der Waals surface area contributed by atoms with Crippen LogP contribution < -0.4 is 15.5 Å². The third-order valence-electron chi connectivity index (χ3n) is 5.32. The summed E-state index contributed by atoms with van der Waals surface area (Å²) in [5, 5.41) is 5.98. The first-order valence-corrected chi connectivity index (χ1v) is 11.3. The van der Waals surface area contributed by atoms with Gasteiger partial charge in [-0.15, -0.1) is 0 Å². The van der Waals surface area contributed by atoms with Gasteiger partial charge in [-0.3, -0.25) is 14.4 Å². The first-order valence-electron chi connectivity index (χ1n) is 10.6. The van der Waals surface area contributed by atoms with Crippen LogP contribution in [-0.4, -0.2) is 17.7 Å². The maximum atomic E-state index is 13.0. The molecule has 0 radical (unpaired) electrons. The monoisotopic (exact) mass is 493 g/mol. The summed E-state index contributed by atoms with van der Waals surface area (Å²) in [6.07, 6.45) is 0. The Morgan fingerprint density at radius 1 is 0.882 bits per heavy atom. The van der Waals surface area contributed by atoms with Crippen LogP contribution in [0.25, 0.3) is 0 Å². The van der Waals surface area contributed by atoms with Crippen LogP contribution in [0.5, 0.6) is 0 Å². The second-order valence-electron chi connectivity index (χ2n) is 8.02. The topological polar surface area (TPSA) is 78.5 Å². The number of rotatable bonds is 6. The van der Waals surface area contributed by atoms with E-state index in [0.29, 0.717) is 22.0 Å². The minimum absolute atomic E-state index is 0.0747. The van der Waals surface area contributed by atoms with E-state index in [1.165, 1.54) is 6.07 Å². The van der Waals surface area contributed by atoms with Gasteiger partial charge in [-0.1, -0.05) is 67.4 Å². The van der Waals surface area contributed by atoms with E-state index < -0.39 is 11.8 Å². The molecule has 0 atom stereocenters. The van der Waals surface area contributed by atoms with Gasteiger partial charge in [0.1, 0.15) is 10.7 Å². The number of hydrogen-bond donors (Lipinski definition) is 2. The van der Waals surface area contributed by atoms with Crippen molar-refractivity contribution in [2.45, 2.75) is 19.8 Å². The van der Waals surface area contributed by atoms with Crippen molar-refractivity contribution in [2.75, 3.05) is 15.5 Å². The van der Waals surface area contributed by atoms with Crippen molar-refractivity contribution >= 4 is 58.0 Å². The van der Waals surface area contributed by atoms with Crippen molar-refractivity contribution in [2.24, 2.45) is 0 Å². The molecule has 34 heavy (non-hydrogen) atoms. The number of carbonyl (C=O) groups is 3. The molecule has 1 heterocycles. The lowest BCUT2D eigenvalue weighted by atomic mass is 10.0. The summed E-state index contributed by atoms with van der Waals surface area (Å²) in [6, 6.07) is 20.6. The maximum Gasteiger partial charge on any atom is 0.283 e. The number of para-hydroxylation sites is 1. The smallest absolute Gasteiger partial charge is 0.283 e. The third kappa shape index (κ3) is 4.69. The molecule has 1 aliphatic heterocycles. The largest absolute Gasteiger partial charge is 0.350 e. The molecule has 1 aliphatic rings. The molecule has 6 nitrogen and oxygen atoms in total. The van der Waals surface area contributed by atoms with E-state index in [0.717, 1.165) is 16.2 Å². The fourth-order valence-electron chi connectivity index (χ4n) is 3.65. The number of carbonyl (C=O) groups excluding carboxylic acids is 3. The average Bonchev–Trinajstić information content (AvgIpc) is 3.02. The lowest BCUT2D eigenvalue weighted by Gasteiger charge is -2.16. The second-order valence-corrected chi connectivity index (χ2v) is 8.83. The molecule has 0 fully saturated rings. The molecule has 0 aliphatic carbocycles. The lowest BCUT2D eigenvalue weighted by molar-refractivity contribution is -0.120. The summed E-state index contributed by atoms with van der Waals surface area (Å²) >= 11 is 12.2. The second kappa shape index (κ2) is 9.71. The Morgan fingerprint density at radius 3 is 2.35 bits per heavy atom. The van der Waals surface area contributed by atoms with E-state index in [9.17, 15) is 14.4 Å². The van der Waals surface area contributed by atoms with Gasteiger partial charge in [0, 0.05) is 22.0 Å². The molecule has 0 unspecified atom stereocenters. The predicted molar refractivity (Wildman–Crippen MR) is 135 cm³/mol. The number of anilines is 3. The molecule has 0 aromatic heterocycles. The highest BCUT2D eigenvalue weighted by Crippen LogP contribution is 2.31. The van der Waals surface area contributed by atoms with Gasteiger partial charge < -0.3 is 10.6 Å². The summed E-state index contributed by atoms with van der Waals surface area (Å²) in [5.41, 5.74) is 2.82. The summed E-state index contributed by atoms with van der Waals surface area (Å²) in [5.74, 6) is -1.33. The molecule has 8 heteroatoms. The molecule has 3 aromatic rings. The number of nitrogens with zero attached hydrogens (tertiary/aromatic N) is 1. The van der Waals surface area contributed by atoms with Gasteiger partial charge in [0.15, 0.2) is 0 Å². The first-order chi connectivity index (χ1) is 16.3. The zero-order valence-corrected chi connectivity index (χ0v) is 19.9. The Labute approximate surface area is 207 Å². The van der Waals surface area contributed by atoms with E-state index in [2.05, 4.69) is 24.5 Å². The molecule has 3 amide bonds. The Hall–Kier alpha value is -3.61. The zero-order valence-electron chi connectivity index (χ0n) is 18.4. The van der Waals surface area contributed by atoms with Crippen LogP contribution in [0.3, 0.4) is 0 Å². The van der Waals surface area contributed by atoms with Crippen LogP contribution in [-0.2, 0) is 9.59 Å². The van der Waals surface area contributed by atoms with Crippen molar-refractivity contribution in [3.8, 4) is 0 Å². The molecule has 4 rings (SSSR count). The Bertz CT molecular complexity index is 1330. The zero-order chi connectivity index (χ0) is 24.4. The first kappa shape index (κ1) is 23.5. The van der Waals surface area contributed by atoms with Gasteiger partial charge in [-0.25, -0.2) is 4.90 Å². The van der Waals surface area contributed by atoms with Gasteiger partial charge in [0.25, 0.3) is 17.7 Å². The Morgan fingerprint density at radius 2 is 1.62 bits per heavy atom. The SMILES string of the molecule is CC(C)c1ccccc1NC(=O)c1cccc(NC2=C(Cl)C(=O)N(c3cccc(Cl)c3)C2=O)c1. The van der Waals surface area contributed by atoms with Gasteiger partial charge in [0.2, 0.25) is 0 Å². The van der Waals surface area contributed by atoms with Crippen LogP contribution in [0.4, 0.5) is 17.1 Å². The molecule has 0 saturated heterocycles. The van der Waals surface area contributed by atoms with Crippen molar-refractivity contribution in [3.05, 3.63) is 99.7 Å². The highest BCUT2D eigenvalue weighted by atomic mass is 35.5. The number of benzene rings is 3. The summed E-state index contributed by atoms with van der Waals surface area (Å²) in [4.78, 5) is 39.5. The van der Waals surface area contributed by atoms with Crippen LogP contribution in [0, 0.1) is 0 Å². The summed E-state index contributed by atoms with van der Waals surface area (Å²) in [6.45, 7) is 4.11. The molecule has 0 spiro atoms. The number of imide groups is 1. The van der Waals surface area contributed by atoms with E-state index in [-0.39, 0.29) is 22.6 Å². The van der Waals surface area contributed by atoms with Gasteiger partial charge >= 0.3 is 0 Å².